The smallest absolute Gasteiger partial charge is 0.158 e. The predicted molar refractivity (Wildman–Crippen MR) is 75.2 cm³/mol. The van der Waals surface area contributed by atoms with Crippen molar-refractivity contribution in [3.8, 4) is 11.4 Å². The van der Waals surface area contributed by atoms with Gasteiger partial charge in [-0.1, -0.05) is 0 Å². The Morgan fingerprint density at radius 2 is 2.21 bits per heavy atom. The summed E-state index contributed by atoms with van der Waals surface area (Å²) in [5.41, 5.74) is 3.86. The molecule has 1 saturated carbocycles. The zero-order valence-electron chi connectivity index (χ0n) is 11.2. The third-order valence-corrected chi connectivity index (χ3v) is 4.02. The van der Waals surface area contributed by atoms with Crippen LogP contribution in [0.1, 0.15) is 36.6 Å². The molecule has 1 aromatic carbocycles. The van der Waals surface area contributed by atoms with Crippen molar-refractivity contribution in [2.45, 2.75) is 31.6 Å². The minimum Gasteiger partial charge on any atom is -0.385 e. The molecule has 1 aromatic heterocycles. The largest absolute Gasteiger partial charge is 0.385 e. The Hall–Kier alpha value is -1.84. The van der Waals surface area contributed by atoms with Crippen LogP contribution in [0.15, 0.2) is 18.2 Å². The molecular formula is C15H18N4. The van der Waals surface area contributed by atoms with Crippen molar-refractivity contribution in [3.63, 3.8) is 0 Å². The summed E-state index contributed by atoms with van der Waals surface area (Å²) in [5, 5.41) is 8.00. The van der Waals surface area contributed by atoms with Gasteiger partial charge in [-0.3, -0.25) is 0 Å². The molecule has 0 unspecified atom stereocenters. The number of nitrogens with zero attached hydrogens (tertiary/aromatic N) is 3. The topological polar surface area (TPSA) is 42.7 Å². The monoisotopic (exact) mass is 254 g/mol. The molecule has 0 saturated heterocycles. The molecule has 0 bridgehead atoms. The van der Waals surface area contributed by atoms with Crippen LogP contribution in [0.3, 0.4) is 0 Å². The lowest BCUT2D eigenvalue weighted by Crippen LogP contribution is -2.11. The molecule has 2 heterocycles. The van der Waals surface area contributed by atoms with Crippen molar-refractivity contribution >= 4 is 5.69 Å². The second-order valence-corrected chi connectivity index (χ2v) is 5.59. The second kappa shape index (κ2) is 4.08. The molecule has 1 fully saturated rings. The number of rotatable bonds is 2. The zero-order valence-corrected chi connectivity index (χ0v) is 11.2. The highest BCUT2D eigenvalue weighted by Gasteiger charge is 2.28. The van der Waals surface area contributed by atoms with Crippen molar-refractivity contribution < 1.29 is 0 Å². The third kappa shape index (κ3) is 1.91. The van der Waals surface area contributed by atoms with Gasteiger partial charge in [0.15, 0.2) is 11.6 Å². The van der Waals surface area contributed by atoms with Gasteiger partial charge in [0.2, 0.25) is 0 Å². The van der Waals surface area contributed by atoms with E-state index in [1.165, 1.54) is 36.1 Å². The molecule has 1 aliphatic heterocycles. The van der Waals surface area contributed by atoms with E-state index in [1.807, 2.05) is 11.7 Å². The van der Waals surface area contributed by atoms with Crippen LogP contribution in [0.25, 0.3) is 11.4 Å². The summed E-state index contributed by atoms with van der Waals surface area (Å²) in [6, 6.07) is 6.59. The molecule has 19 heavy (non-hydrogen) atoms. The summed E-state index contributed by atoms with van der Waals surface area (Å²) in [7, 11) is 1.99. The van der Waals surface area contributed by atoms with E-state index in [1.54, 1.807) is 0 Å². The minimum atomic E-state index is 0.610. The maximum Gasteiger partial charge on any atom is 0.158 e. The predicted octanol–water partition coefficient (Wildman–Crippen LogP) is 2.72. The summed E-state index contributed by atoms with van der Waals surface area (Å²) >= 11 is 0. The summed E-state index contributed by atoms with van der Waals surface area (Å²) in [6.07, 6.45) is 4.86. The third-order valence-electron chi connectivity index (χ3n) is 4.02. The van der Waals surface area contributed by atoms with E-state index >= 15 is 0 Å². The number of benzene rings is 1. The van der Waals surface area contributed by atoms with E-state index in [2.05, 4.69) is 28.6 Å². The fraction of sp³-hybridized carbons (Fsp3) is 0.467. The van der Waals surface area contributed by atoms with Gasteiger partial charge >= 0.3 is 0 Å². The molecule has 0 radical (unpaired) electrons. The highest BCUT2D eigenvalue weighted by molar-refractivity contribution is 5.64. The van der Waals surface area contributed by atoms with Gasteiger partial charge < -0.3 is 5.32 Å². The fourth-order valence-electron chi connectivity index (χ4n) is 2.78. The number of fused-ring (bicyclic) bond motifs is 1. The Balaban J connectivity index is 1.75. The standard InChI is InChI=1S/C15H18N4/c1-19-15(17-14(18-19)10-4-5-10)12-6-7-13-11(9-12)3-2-8-16-13/h6-7,9-10,16H,2-5,8H2,1H3. The quantitative estimate of drug-likeness (QED) is 0.896. The van der Waals surface area contributed by atoms with Crippen LogP contribution in [0.4, 0.5) is 5.69 Å². The normalized spacial score (nSPS) is 17.9. The van der Waals surface area contributed by atoms with Crippen LogP contribution < -0.4 is 5.32 Å². The van der Waals surface area contributed by atoms with Gasteiger partial charge in [0, 0.05) is 30.8 Å². The number of nitrogens with one attached hydrogen (secondary N) is 1. The van der Waals surface area contributed by atoms with Crippen molar-refractivity contribution in [3.05, 3.63) is 29.6 Å². The molecule has 98 valence electrons. The lowest BCUT2D eigenvalue weighted by Gasteiger charge is -2.18. The van der Waals surface area contributed by atoms with Crippen LogP contribution in [0, 0.1) is 0 Å². The van der Waals surface area contributed by atoms with Crippen molar-refractivity contribution in [2.75, 3.05) is 11.9 Å². The molecule has 4 heteroatoms. The molecule has 2 aromatic rings. The Bertz CT molecular complexity index is 625. The molecule has 2 aliphatic rings. The summed E-state index contributed by atoms with van der Waals surface area (Å²) in [4.78, 5) is 4.72. The first-order valence-electron chi connectivity index (χ1n) is 7.09. The van der Waals surface area contributed by atoms with E-state index < -0.39 is 0 Å². The van der Waals surface area contributed by atoms with Crippen LogP contribution in [-0.4, -0.2) is 21.3 Å². The molecule has 0 atom stereocenters. The molecule has 1 N–H and O–H groups in total. The van der Waals surface area contributed by atoms with E-state index in [9.17, 15) is 0 Å². The highest BCUT2D eigenvalue weighted by Crippen LogP contribution is 2.39. The average molecular weight is 254 g/mol. The number of hydrogen-bond donors (Lipinski definition) is 1. The van der Waals surface area contributed by atoms with Crippen LogP contribution in [0.5, 0.6) is 0 Å². The van der Waals surface area contributed by atoms with Gasteiger partial charge in [-0.05, 0) is 49.4 Å². The molecule has 4 rings (SSSR count). The van der Waals surface area contributed by atoms with E-state index in [-0.39, 0.29) is 0 Å². The molecule has 1 aliphatic carbocycles. The van der Waals surface area contributed by atoms with Crippen LogP contribution in [0.2, 0.25) is 0 Å². The first-order valence-corrected chi connectivity index (χ1v) is 7.09. The summed E-state index contributed by atoms with van der Waals surface area (Å²) in [6.45, 7) is 1.09. The number of hydrogen-bond acceptors (Lipinski definition) is 3. The Kier molecular flexibility index (Phi) is 2.37. The Labute approximate surface area is 112 Å². The fourth-order valence-corrected chi connectivity index (χ4v) is 2.78. The van der Waals surface area contributed by atoms with Crippen molar-refractivity contribution in [2.24, 2.45) is 7.05 Å². The van der Waals surface area contributed by atoms with Gasteiger partial charge in [0.05, 0.1) is 0 Å². The van der Waals surface area contributed by atoms with Gasteiger partial charge in [-0.15, -0.1) is 0 Å². The summed E-state index contributed by atoms with van der Waals surface area (Å²) in [5.74, 6) is 2.63. The maximum absolute atomic E-state index is 4.72. The molecule has 0 amide bonds. The summed E-state index contributed by atoms with van der Waals surface area (Å²) < 4.78 is 1.92. The Morgan fingerprint density at radius 3 is 3.05 bits per heavy atom. The van der Waals surface area contributed by atoms with E-state index in [0.717, 1.165) is 24.6 Å². The number of aryl methyl sites for hydroxylation is 2. The zero-order chi connectivity index (χ0) is 12.8. The lowest BCUT2D eigenvalue weighted by atomic mass is 10.0. The van der Waals surface area contributed by atoms with Crippen LogP contribution >= 0.6 is 0 Å². The van der Waals surface area contributed by atoms with Gasteiger partial charge in [0.1, 0.15) is 0 Å². The van der Waals surface area contributed by atoms with Crippen molar-refractivity contribution in [1.29, 1.82) is 0 Å². The average Bonchev–Trinajstić information content (AvgIpc) is 3.22. The maximum atomic E-state index is 4.72. The van der Waals surface area contributed by atoms with E-state index in [0.29, 0.717) is 5.92 Å². The first kappa shape index (κ1) is 11.0. The first-order chi connectivity index (χ1) is 9.31. The van der Waals surface area contributed by atoms with Gasteiger partial charge in [-0.2, -0.15) is 5.10 Å². The van der Waals surface area contributed by atoms with E-state index in [4.69, 9.17) is 4.98 Å². The molecule has 4 nitrogen and oxygen atoms in total. The SMILES string of the molecule is Cn1nc(C2CC2)nc1-c1ccc2c(c1)CCCN2. The highest BCUT2D eigenvalue weighted by atomic mass is 15.3. The number of anilines is 1. The molecular weight excluding hydrogens is 236 g/mol. The lowest BCUT2D eigenvalue weighted by molar-refractivity contribution is 0.750. The second-order valence-electron chi connectivity index (χ2n) is 5.59. The van der Waals surface area contributed by atoms with Gasteiger partial charge in [0.25, 0.3) is 0 Å². The van der Waals surface area contributed by atoms with Gasteiger partial charge in [-0.25, -0.2) is 9.67 Å². The number of aromatic nitrogens is 3. The minimum absolute atomic E-state index is 0.610. The molecule has 0 spiro atoms. The Morgan fingerprint density at radius 1 is 1.32 bits per heavy atom. The van der Waals surface area contributed by atoms with Crippen LogP contribution in [-0.2, 0) is 13.5 Å². The van der Waals surface area contributed by atoms with Crippen molar-refractivity contribution in [1.82, 2.24) is 14.8 Å².